The zero-order valence-electron chi connectivity index (χ0n) is 23.3. The van der Waals surface area contributed by atoms with Gasteiger partial charge in [-0.05, 0) is 59.7 Å². The minimum atomic E-state index is -0.245. The van der Waals surface area contributed by atoms with Gasteiger partial charge in [0.05, 0.1) is 38.3 Å². The summed E-state index contributed by atoms with van der Waals surface area (Å²) in [5.74, 6) is 1.73. The lowest BCUT2D eigenvalue weighted by Crippen LogP contribution is -2.28. The standard InChI is InChI=1S/C30H29BrN6O4S/c1-36-27(17-32-29(39)21-8-14-24(41-3)15-9-21)33-34-30(36)42-18-28(38)37-26(20-6-12-23(40-2)13-7-20)16-25(35-37)19-4-10-22(31)11-5-19/h4-15,26H,16-18H2,1-3H3,(H,32,39)/t26-/m0/s1. The topological polar surface area (TPSA) is 111 Å². The largest absolute Gasteiger partial charge is 0.497 e. The number of rotatable bonds is 10. The number of ether oxygens (including phenoxy) is 2. The summed E-state index contributed by atoms with van der Waals surface area (Å²) in [4.78, 5) is 26.1. The number of carbonyl (C=O) groups is 2. The molecule has 0 saturated carbocycles. The van der Waals surface area contributed by atoms with Gasteiger partial charge in [0, 0.05) is 23.5 Å². The van der Waals surface area contributed by atoms with Gasteiger partial charge in [-0.3, -0.25) is 9.59 Å². The Morgan fingerprint density at radius 3 is 2.24 bits per heavy atom. The number of carbonyl (C=O) groups excluding carboxylic acids is 2. The fourth-order valence-corrected chi connectivity index (χ4v) is 5.51. The van der Waals surface area contributed by atoms with Gasteiger partial charge < -0.3 is 19.4 Å². The molecule has 0 bridgehead atoms. The van der Waals surface area contributed by atoms with E-state index in [1.165, 1.54) is 11.8 Å². The molecule has 216 valence electrons. The van der Waals surface area contributed by atoms with Gasteiger partial charge in [-0.2, -0.15) is 5.10 Å². The van der Waals surface area contributed by atoms with E-state index < -0.39 is 0 Å². The van der Waals surface area contributed by atoms with Gasteiger partial charge in [0.2, 0.25) is 0 Å². The summed E-state index contributed by atoms with van der Waals surface area (Å²) in [5.41, 5.74) is 3.29. The van der Waals surface area contributed by atoms with Crippen molar-refractivity contribution in [2.75, 3.05) is 20.0 Å². The molecular formula is C30H29BrN6O4S. The van der Waals surface area contributed by atoms with Gasteiger partial charge in [0.1, 0.15) is 11.5 Å². The molecule has 1 N–H and O–H groups in total. The fraction of sp³-hybridized carbons (Fsp3) is 0.233. The van der Waals surface area contributed by atoms with Crippen LogP contribution in [-0.4, -0.2) is 57.3 Å². The molecule has 5 rings (SSSR count). The summed E-state index contributed by atoms with van der Waals surface area (Å²) in [7, 11) is 5.01. The van der Waals surface area contributed by atoms with Crippen molar-refractivity contribution in [3.8, 4) is 11.5 Å². The number of benzene rings is 3. The zero-order chi connectivity index (χ0) is 29.6. The number of aromatic nitrogens is 3. The van der Waals surface area contributed by atoms with Crippen molar-refractivity contribution in [1.29, 1.82) is 0 Å². The van der Waals surface area contributed by atoms with Crippen LogP contribution in [0.25, 0.3) is 0 Å². The maximum Gasteiger partial charge on any atom is 0.253 e. The number of methoxy groups -OCH3 is 2. The average molecular weight is 650 g/mol. The Hall–Kier alpha value is -4.16. The third kappa shape index (κ3) is 6.66. The van der Waals surface area contributed by atoms with Gasteiger partial charge in [-0.15, -0.1) is 10.2 Å². The van der Waals surface area contributed by atoms with E-state index in [4.69, 9.17) is 14.6 Å². The van der Waals surface area contributed by atoms with Crippen LogP contribution in [0.1, 0.15) is 39.8 Å². The molecule has 0 fully saturated rings. The molecule has 1 aliphatic heterocycles. The number of hydrogen-bond acceptors (Lipinski definition) is 8. The third-order valence-electron chi connectivity index (χ3n) is 6.85. The van der Waals surface area contributed by atoms with Crippen molar-refractivity contribution in [3.05, 3.63) is 99.8 Å². The molecule has 0 radical (unpaired) electrons. The van der Waals surface area contributed by atoms with E-state index in [1.807, 2.05) is 55.6 Å². The van der Waals surface area contributed by atoms with Crippen LogP contribution in [0.3, 0.4) is 0 Å². The van der Waals surface area contributed by atoms with Crippen LogP contribution in [-0.2, 0) is 18.4 Å². The lowest BCUT2D eigenvalue weighted by Gasteiger charge is -2.22. The molecule has 0 aliphatic carbocycles. The van der Waals surface area contributed by atoms with Gasteiger partial charge in [0.25, 0.3) is 11.8 Å². The van der Waals surface area contributed by atoms with Crippen LogP contribution in [0, 0.1) is 0 Å². The molecule has 4 aromatic rings. The van der Waals surface area contributed by atoms with Crippen molar-refractivity contribution >= 4 is 45.2 Å². The Morgan fingerprint density at radius 2 is 1.60 bits per heavy atom. The molecule has 42 heavy (non-hydrogen) atoms. The minimum absolute atomic E-state index is 0.119. The quantitative estimate of drug-likeness (QED) is 0.241. The van der Waals surface area contributed by atoms with Gasteiger partial charge in [0.15, 0.2) is 11.0 Å². The van der Waals surface area contributed by atoms with E-state index in [2.05, 4.69) is 31.4 Å². The Balaban J connectivity index is 1.26. The highest BCUT2D eigenvalue weighted by Crippen LogP contribution is 2.34. The molecule has 0 unspecified atom stereocenters. The molecular weight excluding hydrogens is 620 g/mol. The Labute approximate surface area is 256 Å². The van der Waals surface area contributed by atoms with Crippen molar-refractivity contribution in [2.45, 2.75) is 24.2 Å². The van der Waals surface area contributed by atoms with Gasteiger partial charge in [-0.1, -0.05) is 52.0 Å². The first-order valence-corrected chi connectivity index (χ1v) is 14.9. The highest BCUT2D eigenvalue weighted by atomic mass is 79.9. The molecule has 1 aromatic heterocycles. The van der Waals surface area contributed by atoms with Crippen molar-refractivity contribution in [1.82, 2.24) is 25.1 Å². The minimum Gasteiger partial charge on any atom is -0.497 e. The SMILES string of the molecule is COc1ccc(C(=O)NCc2nnc(SCC(=O)N3N=C(c4ccc(Br)cc4)C[C@H]3c3ccc(OC)cc3)n2C)cc1. The summed E-state index contributed by atoms with van der Waals surface area (Å²) in [5, 5.41) is 18.2. The number of halogens is 1. The molecule has 10 nitrogen and oxygen atoms in total. The Morgan fingerprint density at radius 1 is 0.952 bits per heavy atom. The molecule has 1 atom stereocenters. The van der Waals surface area contributed by atoms with E-state index in [9.17, 15) is 9.59 Å². The second kappa shape index (κ2) is 13.2. The molecule has 0 saturated heterocycles. The van der Waals surface area contributed by atoms with E-state index in [0.29, 0.717) is 28.7 Å². The van der Waals surface area contributed by atoms with E-state index >= 15 is 0 Å². The number of nitrogens with one attached hydrogen (secondary N) is 1. The monoisotopic (exact) mass is 648 g/mol. The zero-order valence-corrected chi connectivity index (χ0v) is 25.7. The molecule has 3 aromatic carbocycles. The maximum atomic E-state index is 13.5. The summed E-state index contributed by atoms with van der Waals surface area (Å²) < 4.78 is 13.2. The summed E-state index contributed by atoms with van der Waals surface area (Å²) in [6.45, 7) is 0.190. The summed E-state index contributed by atoms with van der Waals surface area (Å²) in [6, 6.07) is 22.2. The Bertz CT molecular complexity index is 1590. The molecule has 2 heterocycles. The number of hydrazone groups is 1. The lowest BCUT2D eigenvalue weighted by molar-refractivity contribution is -0.130. The van der Waals surface area contributed by atoms with Gasteiger partial charge in [-0.25, -0.2) is 5.01 Å². The van der Waals surface area contributed by atoms with Crippen molar-refractivity contribution < 1.29 is 19.1 Å². The van der Waals surface area contributed by atoms with Gasteiger partial charge >= 0.3 is 0 Å². The van der Waals surface area contributed by atoms with E-state index in [-0.39, 0.29) is 30.2 Å². The third-order valence-corrected chi connectivity index (χ3v) is 8.39. The summed E-state index contributed by atoms with van der Waals surface area (Å²) in [6.07, 6.45) is 0.590. The van der Waals surface area contributed by atoms with Crippen molar-refractivity contribution in [3.63, 3.8) is 0 Å². The molecule has 2 amide bonds. The normalized spacial score (nSPS) is 14.4. The number of thioether (sulfide) groups is 1. The molecule has 12 heteroatoms. The van der Waals surface area contributed by atoms with Crippen molar-refractivity contribution in [2.24, 2.45) is 12.1 Å². The van der Waals surface area contributed by atoms with Crippen LogP contribution in [0.4, 0.5) is 0 Å². The number of hydrogen-bond donors (Lipinski definition) is 1. The highest BCUT2D eigenvalue weighted by molar-refractivity contribution is 9.10. The van der Waals surface area contributed by atoms with E-state index in [0.717, 1.165) is 27.1 Å². The van der Waals surface area contributed by atoms with E-state index in [1.54, 1.807) is 48.1 Å². The first-order chi connectivity index (χ1) is 20.4. The second-order valence-electron chi connectivity index (χ2n) is 9.44. The first kappa shape index (κ1) is 29.3. The number of nitrogens with zero attached hydrogens (tertiary/aromatic N) is 5. The summed E-state index contributed by atoms with van der Waals surface area (Å²) >= 11 is 4.75. The average Bonchev–Trinajstić information content (AvgIpc) is 3.63. The maximum absolute atomic E-state index is 13.5. The Kier molecular flexibility index (Phi) is 9.23. The highest BCUT2D eigenvalue weighted by Gasteiger charge is 2.33. The number of amides is 2. The molecule has 0 spiro atoms. The first-order valence-electron chi connectivity index (χ1n) is 13.1. The van der Waals surface area contributed by atoms with Crippen LogP contribution in [0.15, 0.2) is 87.5 Å². The van der Waals surface area contributed by atoms with Crippen LogP contribution in [0.5, 0.6) is 11.5 Å². The lowest BCUT2D eigenvalue weighted by atomic mass is 9.98. The van der Waals surface area contributed by atoms with Crippen LogP contribution in [0.2, 0.25) is 0 Å². The molecule has 1 aliphatic rings. The smallest absolute Gasteiger partial charge is 0.253 e. The van der Waals surface area contributed by atoms with Crippen LogP contribution < -0.4 is 14.8 Å². The predicted octanol–water partition coefficient (Wildman–Crippen LogP) is 4.99. The fourth-order valence-electron chi connectivity index (χ4n) is 4.46. The van der Waals surface area contributed by atoms with Crippen LogP contribution >= 0.6 is 27.7 Å². The predicted molar refractivity (Wildman–Crippen MR) is 164 cm³/mol. The second-order valence-corrected chi connectivity index (χ2v) is 11.3.